The van der Waals surface area contributed by atoms with E-state index >= 15 is 0 Å². The first-order valence-corrected chi connectivity index (χ1v) is 11.2. The molecule has 0 saturated carbocycles. The van der Waals surface area contributed by atoms with Crippen molar-refractivity contribution in [2.45, 2.75) is 6.42 Å². The van der Waals surface area contributed by atoms with Gasteiger partial charge in [-0.05, 0) is 6.42 Å². The largest absolute Gasteiger partial charge is 0.221 e. The smallest absolute Gasteiger partial charge is 0.0927 e. The van der Waals surface area contributed by atoms with Crippen molar-refractivity contribution in [1.82, 2.24) is 0 Å². The third-order valence-corrected chi connectivity index (χ3v) is 5.12. The quantitative estimate of drug-likeness (QED) is 0.482. The molecule has 0 spiro atoms. The molecule has 0 unspecified atom stereocenters. The highest BCUT2D eigenvalue weighted by molar-refractivity contribution is 9.96. The zero-order chi connectivity index (χ0) is 6.62. The van der Waals surface area contributed by atoms with Crippen LogP contribution in [0.25, 0.3) is 0 Å². The van der Waals surface area contributed by atoms with Gasteiger partial charge in [-0.3, -0.25) is 0 Å². The average molecular weight is 393 g/mol. The highest BCUT2D eigenvalue weighted by atomic mass is 80.0. The Labute approximate surface area is 82.9 Å². The maximum Gasteiger partial charge on any atom is 0.221 e. The van der Waals surface area contributed by atoms with E-state index in [-0.39, 0.29) is 0 Å². The molecule has 0 radical (unpaired) electrons. The minimum atomic E-state index is -1.02. The third kappa shape index (κ3) is 8.35. The maximum absolute atomic E-state index is 3.50. The summed E-state index contributed by atoms with van der Waals surface area (Å²) in [4.78, 5) is 0. The number of alkyl halides is 1. The SMILES string of the molecule is BrCCC[P+](Br)(Br)Br. The van der Waals surface area contributed by atoms with E-state index in [2.05, 4.69) is 62.4 Å². The summed E-state index contributed by atoms with van der Waals surface area (Å²) in [6.07, 6.45) is 2.38. The number of halogens is 4. The van der Waals surface area contributed by atoms with Gasteiger partial charge in [0, 0.05) is 5.33 Å². The summed E-state index contributed by atoms with van der Waals surface area (Å²) in [6, 6.07) is 0. The molecule has 0 atom stereocenters. The number of hydrogen-bond donors (Lipinski definition) is 0. The zero-order valence-corrected chi connectivity index (χ0v) is 11.3. The standard InChI is InChI=1S/C3H6Br4P/c4-2-1-3-8(5,6)7/h1-3H2/q+1. The molecule has 5 heteroatoms. The van der Waals surface area contributed by atoms with E-state index in [4.69, 9.17) is 0 Å². The predicted octanol–water partition coefficient (Wildman–Crippen LogP) is 4.72. The molecule has 50 valence electrons. The van der Waals surface area contributed by atoms with Crippen molar-refractivity contribution in [1.29, 1.82) is 0 Å². The van der Waals surface area contributed by atoms with Crippen LogP contribution in [0.4, 0.5) is 0 Å². The van der Waals surface area contributed by atoms with Crippen molar-refractivity contribution in [3.63, 3.8) is 0 Å². The monoisotopic (exact) mass is 389 g/mol. The maximum atomic E-state index is 3.50. The minimum absolute atomic E-state index is 1.02. The Hall–Kier alpha value is 2.35. The number of rotatable bonds is 3. The van der Waals surface area contributed by atoms with Crippen LogP contribution in [0, 0.1) is 0 Å². The van der Waals surface area contributed by atoms with Gasteiger partial charge in [0.05, 0.1) is 6.16 Å². The second-order valence-electron chi connectivity index (χ2n) is 1.32. The highest BCUT2D eigenvalue weighted by Gasteiger charge is 2.27. The van der Waals surface area contributed by atoms with Gasteiger partial charge in [-0.15, -0.1) is 0 Å². The normalized spacial score (nSPS) is 12.0. The van der Waals surface area contributed by atoms with E-state index in [1.54, 1.807) is 0 Å². The molecular weight excluding hydrogens is 387 g/mol. The predicted molar refractivity (Wildman–Crippen MR) is 57.0 cm³/mol. The Bertz CT molecular complexity index is 58.8. The van der Waals surface area contributed by atoms with Gasteiger partial charge in [0.1, 0.15) is 0 Å². The Kier molecular flexibility index (Phi) is 6.55. The molecule has 0 rings (SSSR count). The number of hydrogen-bond acceptors (Lipinski definition) is 0. The minimum Gasteiger partial charge on any atom is -0.0927 e. The molecule has 0 saturated heterocycles. The summed E-state index contributed by atoms with van der Waals surface area (Å²) in [6.45, 7) is 0. The molecule has 8 heavy (non-hydrogen) atoms. The second-order valence-corrected chi connectivity index (χ2v) is 23.1. The van der Waals surface area contributed by atoms with Crippen molar-refractivity contribution in [2.24, 2.45) is 0 Å². The van der Waals surface area contributed by atoms with Gasteiger partial charge in [-0.2, -0.15) is 0 Å². The van der Waals surface area contributed by atoms with E-state index in [1.807, 2.05) is 0 Å². The molecule has 0 N–H and O–H groups in total. The van der Waals surface area contributed by atoms with Gasteiger partial charge >= 0.3 is 0 Å². The summed E-state index contributed by atoms with van der Waals surface area (Å²) >= 11 is 13.9. The lowest BCUT2D eigenvalue weighted by Crippen LogP contribution is -1.78. The van der Waals surface area contributed by atoms with Crippen LogP contribution in [0.2, 0.25) is 0 Å². The van der Waals surface area contributed by atoms with Crippen LogP contribution in [0.5, 0.6) is 0 Å². The lowest BCUT2D eigenvalue weighted by atomic mass is 10.6. The lowest BCUT2D eigenvalue weighted by molar-refractivity contribution is 1.13. The van der Waals surface area contributed by atoms with Gasteiger partial charge in [0.25, 0.3) is 0 Å². The van der Waals surface area contributed by atoms with Crippen LogP contribution in [-0.4, -0.2) is 11.5 Å². The van der Waals surface area contributed by atoms with Crippen molar-refractivity contribution in [3.8, 4) is 0 Å². The Morgan fingerprint density at radius 2 is 1.62 bits per heavy atom. The molecule has 0 bridgehead atoms. The fraction of sp³-hybridized carbons (Fsp3) is 1.00. The lowest BCUT2D eigenvalue weighted by Gasteiger charge is -1.97. The summed E-state index contributed by atoms with van der Waals surface area (Å²) in [5, 5.41) is 1.08. The van der Waals surface area contributed by atoms with E-state index in [9.17, 15) is 0 Å². The van der Waals surface area contributed by atoms with Crippen LogP contribution < -0.4 is 0 Å². The van der Waals surface area contributed by atoms with E-state index in [0.717, 1.165) is 5.33 Å². The van der Waals surface area contributed by atoms with Crippen LogP contribution in [0.3, 0.4) is 0 Å². The van der Waals surface area contributed by atoms with Crippen LogP contribution in [0.15, 0.2) is 0 Å². The van der Waals surface area contributed by atoms with Crippen molar-refractivity contribution < 1.29 is 0 Å². The molecular formula is C3H6Br4P+. The van der Waals surface area contributed by atoms with Gasteiger partial charge in [0.15, 0.2) is 46.5 Å². The first-order valence-electron chi connectivity index (χ1n) is 2.09. The van der Waals surface area contributed by atoms with E-state index < -0.39 is 3.37 Å². The molecule has 0 aliphatic rings. The van der Waals surface area contributed by atoms with E-state index in [0.29, 0.717) is 0 Å². The first-order chi connectivity index (χ1) is 3.56. The molecule has 0 heterocycles. The molecule has 0 amide bonds. The first kappa shape index (κ1) is 10.3. The Balaban J connectivity index is 3.11. The topological polar surface area (TPSA) is 0 Å². The van der Waals surface area contributed by atoms with Gasteiger partial charge in [0.2, 0.25) is 3.37 Å². The summed E-state index contributed by atoms with van der Waals surface area (Å²) in [5.41, 5.74) is 0. The van der Waals surface area contributed by atoms with Crippen molar-refractivity contribution >= 4 is 65.8 Å². The van der Waals surface area contributed by atoms with Gasteiger partial charge in [-0.25, -0.2) is 0 Å². The molecule has 0 aliphatic heterocycles. The third-order valence-electron chi connectivity index (χ3n) is 0.545. The van der Waals surface area contributed by atoms with Crippen LogP contribution >= 0.6 is 65.8 Å². The molecule has 0 aromatic rings. The van der Waals surface area contributed by atoms with Crippen molar-refractivity contribution in [2.75, 3.05) is 11.5 Å². The Morgan fingerprint density at radius 3 is 1.75 bits per heavy atom. The zero-order valence-electron chi connectivity index (χ0n) is 4.08. The molecule has 0 fully saturated rings. The summed E-state index contributed by atoms with van der Waals surface area (Å²) < 4.78 is -1.02. The fourth-order valence-electron chi connectivity index (χ4n) is 0.239. The molecule has 0 aromatic heterocycles. The van der Waals surface area contributed by atoms with Crippen molar-refractivity contribution in [3.05, 3.63) is 0 Å². The van der Waals surface area contributed by atoms with Crippen LogP contribution in [-0.2, 0) is 0 Å². The molecule has 0 nitrogen and oxygen atoms in total. The van der Waals surface area contributed by atoms with E-state index in [1.165, 1.54) is 12.6 Å². The average Bonchev–Trinajstić information content (AvgIpc) is 1.59. The fourth-order valence-corrected chi connectivity index (χ4v) is 3.73. The molecule has 0 aliphatic carbocycles. The second kappa shape index (κ2) is 5.06. The molecule has 0 aromatic carbocycles. The summed E-state index contributed by atoms with van der Waals surface area (Å²) in [5.74, 6) is 0. The summed E-state index contributed by atoms with van der Waals surface area (Å²) in [7, 11) is 0. The van der Waals surface area contributed by atoms with Crippen LogP contribution in [0.1, 0.15) is 6.42 Å². The van der Waals surface area contributed by atoms with Gasteiger partial charge in [-0.1, -0.05) is 15.9 Å². The Morgan fingerprint density at radius 1 is 1.12 bits per heavy atom. The highest BCUT2D eigenvalue weighted by Crippen LogP contribution is 2.80. The van der Waals surface area contributed by atoms with Gasteiger partial charge < -0.3 is 0 Å².